The normalized spacial score (nSPS) is 11.7. The molecular formula is C58H40N6. The molecular weight excluding hydrogens is 781 g/mol. The Bertz CT molecular complexity index is 3260. The Morgan fingerprint density at radius 2 is 0.562 bits per heavy atom. The van der Waals surface area contributed by atoms with Crippen LogP contribution in [0.25, 0.3) is 66.6 Å². The van der Waals surface area contributed by atoms with E-state index >= 15 is 0 Å². The summed E-state index contributed by atoms with van der Waals surface area (Å²) < 4.78 is 4.37. The molecule has 0 saturated heterocycles. The number of hydrogen-bond acceptors (Lipinski definition) is 4. The van der Waals surface area contributed by atoms with E-state index in [9.17, 15) is 0 Å². The van der Waals surface area contributed by atoms with E-state index in [2.05, 4.69) is 215 Å². The minimum Gasteiger partial charge on any atom is -0.278 e. The summed E-state index contributed by atoms with van der Waals surface area (Å²) in [7, 11) is 0. The largest absolute Gasteiger partial charge is 0.278 e. The van der Waals surface area contributed by atoms with E-state index in [-0.39, 0.29) is 11.8 Å². The molecule has 0 bridgehead atoms. The first-order chi connectivity index (χ1) is 31.8. The van der Waals surface area contributed by atoms with Gasteiger partial charge in [-0.05, 0) is 69.8 Å². The number of benzene rings is 8. The lowest BCUT2D eigenvalue weighted by Gasteiger charge is -2.18. The number of fused-ring (bicyclic) bond motifs is 6. The highest BCUT2D eigenvalue weighted by molar-refractivity contribution is 6.12. The molecule has 0 aliphatic carbocycles. The van der Waals surface area contributed by atoms with Gasteiger partial charge in [0.1, 0.15) is 0 Å². The zero-order valence-corrected chi connectivity index (χ0v) is 34.8. The van der Waals surface area contributed by atoms with Crippen LogP contribution in [0.1, 0.15) is 45.2 Å². The van der Waals surface area contributed by atoms with E-state index in [1.807, 2.05) is 24.8 Å². The maximum absolute atomic E-state index is 5.04. The van der Waals surface area contributed by atoms with Crippen LogP contribution in [0.2, 0.25) is 0 Å². The van der Waals surface area contributed by atoms with Crippen LogP contribution in [0.3, 0.4) is 0 Å². The lowest BCUT2D eigenvalue weighted by molar-refractivity contribution is 0.910. The summed E-state index contributed by atoms with van der Waals surface area (Å²) in [5.41, 5.74) is 13.4. The van der Waals surface area contributed by atoms with Gasteiger partial charge in [-0.2, -0.15) is 0 Å². The van der Waals surface area contributed by atoms with Crippen LogP contribution in [0.15, 0.2) is 231 Å². The van der Waals surface area contributed by atoms with Gasteiger partial charge < -0.3 is 0 Å². The summed E-state index contributed by atoms with van der Waals surface area (Å²) in [5.74, 6) is 1.33. The standard InChI is InChI=1S/C58H40N6/c1-5-17-39(18-6-1)55(40-19-7-2-8-20-40)45-35-59-57(60-36-45)63-51-27-15-13-25-47(51)49-33-43(29-31-53(49)63)44-30-32-54-50(34-44)48-26-14-16-28-52(48)64(54)58-61-37-46(38-62-58)56(41-21-9-3-10-22-41)42-23-11-4-12-24-42/h1-38,55-56H. The van der Waals surface area contributed by atoms with Gasteiger partial charge in [-0.15, -0.1) is 0 Å². The van der Waals surface area contributed by atoms with Crippen LogP contribution < -0.4 is 0 Å². The molecule has 0 N–H and O–H groups in total. The van der Waals surface area contributed by atoms with Gasteiger partial charge in [0.05, 0.1) is 22.1 Å². The summed E-state index contributed by atoms with van der Waals surface area (Å²) in [6.07, 6.45) is 7.94. The first-order valence-electron chi connectivity index (χ1n) is 21.7. The topological polar surface area (TPSA) is 61.4 Å². The molecule has 12 aromatic rings. The van der Waals surface area contributed by atoms with Crippen LogP contribution >= 0.6 is 0 Å². The van der Waals surface area contributed by atoms with Gasteiger partial charge >= 0.3 is 0 Å². The van der Waals surface area contributed by atoms with E-state index in [0.29, 0.717) is 11.9 Å². The number of nitrogens with zero attached hydrogens (tertiary/aromatic N) is 6. The van der Waals surface area contributed by atoms with Gasteiger partial charge in [0.2, 0.25) is 11.9 Å². The van der Waals surface area contributed by atoms with E-state index < -0.39 is 0 Å². The van der Waals surface area contributed by atoms with Crippen LogP contribution in [-0.4, -0.2) is 29.1 Å². The average molecular weight is 821 g/mol. The van der Waals surface area contributed by atoms with Crippen molar-refractivity contribution in [3.8, 4) is 23.0 Å². The zero-order valence-electron chi connectivity index (χ0n) is 34.8. The summed E-state index contributed by atoms with van der Waals surface area (Å²) in [6, 6.07) is 72.8. The summed E-state index contributed by atoms with van der Waals surface area (Å²) in [6.45, 7) is 0. The Morgan fingerprint density at radius 1 is 0.266 bits per heavy atom. The lowest BCUT2D eigenvalue weighted by Crippen LogP contribution is -2.07. The fourth-order valence-electron chi connectivity index (χ4n) is 9.66. The maximum atomic E-state index is 5.04. The van der Waals surface area contributed by atoms with Crippen LogP contribution in [-0.2, 0) is 0 Å². The number of hydrogen-bond donors (Lipinski definition) is 0. The third-order valence-corrected chi connectivity index (χ3v) is 12.6. The summed E-state index contributed by atoms with van der Waals surface area (Å²) >= 11 is 0. The van der Waals surface area contributed by atoms with Crippen LogP contribution in [0, 0.1) is 0 Å². The van der Waals surface area contributed by atoms with Gasteiger partial charge in [-0.25, -0.2) is 19.9 Å². The average Bonchev–Trinajstić information content (AvgIpc) is 3.88. The van der Waals surface area contributed by atoms with E-state index in [1.54, 1.807) is 0 Å². The van der Waals surface area contributed by atoms with Crippen molar-refractivity contribution >= 4 is 43.6 Å². The predicted octanol–water partition coefficient (Wildman–Crippen LogP) is 13.5. The Labute approximate surface area is 370 Å². The molecule has 0 aliphatic heterocycles. The number of aromatic nitrogens is 6. The molecule has 302 valence electrons. The van der Waals surface area contributed by atoms with Crippen molar-refractivity contribution in [3.05, 3.63) is 264 Å². The lowest BCUT2D eigenvalue weighted by atomic mass is 9.87. The van der Waals surface area contributed by atoms with Crippen molar-refractivity contribution in [2.75, 3.05) is 0 Å². The second-order valence-corrected chi connectivity index (χ2v) is 16.3. The molecule has 8 aromatic carbocycles. The third-order valence-electron chi connectivity index (χ3n) is 12.6. The fraction of sp³-hybridized carbons (Fsp3) is 0.0345. The van der Waals surface area contributed by atoms with Crippen molar-refractivity contribution in [1.29, 1.82) is 0 Å². The molecule has 4 aromatic heterocycles. The number of para-hydroxylation sites is 2. The molecule has 6 nitrogen and oxygen atoms in total. The second-order valence-electron chi connectivity index (χ2n) is 16.3. The number of rotatable bonds is 9. The molecule has 64 heavy (non-hydrogen) atoms. The summed E-state index contributed by atoms with van der Waals surface area (Å²) in [5, 5.41) is 4.59. The Balaban J connectivity index is 0.921. The molecule has 0 amide bonds. The third kappa shape index (κ3) is 6.43. The molecule has 0 unspecified atom stereocenters. The molecule has 0 aliphatic rings. The Kier molecular flexibility index (Phi) is 9.19. The van der Waals surface area contributed by atoms with Crippen LogP contribution in [0.5, 0.6) is 0 Å². The van der Waals surface area contributed by atoms with Gasteiger partial charge in [0.15, 0.2) is 0 Å². The minimum absolute atomic E-state index is 0.0224. The highest BCUT2D eigenvalue weighted by Gasteiger charge is 2.22. The van der Waals surface area contributed by atoms with Gasteiger partial charge in [0.25, 0.3) is 0 Å². The van der Waals surface area contributed by atoms with Crippen LogP contribution in [0.4, 0.5) is 0 Å². The molecule has 0 atom stereocenters. The smallest absolute Gasteiger partial charge is 0.234 e. The molecule has 0 spiro atoms. The quantitative estimate of drug-likeness (QED) is 0.145. The molecule has 0 radical (unpaired) electrons. The van der Waals surface area contributed by atoms with Gasteiger partial charge in [-0.3, -0.25) is 9.13 Å². The maximum Gasteiger partial charge on any atom is 0.234 e. The SMILES string of the molecule is c1ccc(C(c2ccccc2)c2cnc(-n3c4ccccc4c4cc(-c5ccc6c(c5)c5ccccc5n6-c5ncc(C(c6ccccc6)c6ccccc6)cn5)ccc43)nc2)cc1. The monoisotopic (exact) mass is 820 g/mol. The molecule has 12 rings (SSSR count). The minimum atomic E-state index is 0.0224. The van der Waals surface area contributed by atoms with Crippen molar-refractivity contribution in [2.24, 2.45) is 0 Å². The first-order valence-corrected chi connectivity index (χ1v) is 21.7. The Hall–Kier alpha value is -8.48. The van der Waals surface area contributed by atoms with Crippen molar-refractivity contribution in [2.45, 2.75) is 11.8 Å². The van der Waals surface area contributed by atoms with Crippen molar-refractivity contribution in [3.63, 3.8) is 0 Å². The summed E-state index contributed by atoms with van der Waals surface area (Å²) in [4.78, 5) is 20.2. The second kappa shape index (κ2) is 15.8. The van der Waals surface area contributed by atoms with E-state index in [1.165, 1.54) is 22.3 Å². The highest BCUT2D eigenvalue weighted by atomic mass is 15.2. The van der Waals surface area contributed by atoms with E-state index in [4.69, 9.17) is 19.9 Å². The van der Waals surface area contributed by atoms with Gasteiger partial charge in [-0.1, -0.05) is 170 Å². The molecule has 0 fully saturated rings. The molecule has 6 heteroatoms. The Morgan fingerprint density at radius 3 is 0.906 bits per heavy atom. The first kappa shape index (κ1) is 37.3. The van der Waals surface area contributed by atoms with Gasteiger partial charge in [0, 0.05) is 69.3 Å². The fourth-order valence-corrected chi connectivity index (χ4v) is 9.66. The molecule has 0 saturated carbocycles. The predicted molar refractivity (Wildman–Crippen MR) is 259 cm³/mol. The molecule has 4 heterocycles. The van der Waals surface area contributed by atoms with Crippen molar-refractivity contribution < 1.29 is 0 Å². The highest BCUT2D eigenvalue weighted by Crippen LogP contribution is 2.39. The van der Waals surface area contributed by atoms with E-state index in [0.717, 1.165) is 65.9 Å². The zero-order chi connectivity index (χ0) is 42.4. The van der Waals surface area contributed by atoms with Crippen molar-refractivity contribution in [1.82, 2.24) is 29.1 Å².